The second-order valence-corrected chi connectivity index (χ2v) is 4.38. The average Bonchev–Trinajstić information content (AvgIpc) is 2.29. The highest BCUT2D eigenvalue weighted by molar-refractivity contribution is 5.94. The number of fused-ring (bicyclic) bond motifs is 1. The second kappa shape index (κ2) is 4.84. The van der Waals surface area contributed by atoms with Gasteiger partial charge in [-0.1, -0.05) is 13.3 Å². The van der Waals surface area contributed by atoms with Gasteiger partial charge in [0.2, 0.25) is 5.91 Å². The van der Waals surface area contributed by atoms with Crippen LogP contribution in [0.1, 0.15) is 43.4 Å². The van der Waals surface area contributed by atoms with E-state index in [-0.39, 0.29) is 11.7 Å². The van der Waals surface area contributed by atoms with Crippen molar-refractivity contribution in [1.82, 2.24) is 0 Å². The fraction of sp³-hybridized carbons (Fsp3) is 0.462. The summed E-state index contributed by atoms with van der Waals surface area (Å²) < 4.78 is 13.4. The molecule has 0 radical (unpaired) electrons. The molecule has 92 valence electrons. The zero-order valence-electron chi connectivity index (χ0n) is 9.79. The van der Waals surface area contributed by atoms with Crippen LogP contribution < -0.4 is 5.32 Å². The molecule has 1 unspecified atom stereocenters. The topological polar surface area (TPSA) is 49.3 Å². The van der Waals surface area contributed by atoms with Gasteiger partial charge in [-0.15, -0.1) is 0 Å². The maximum atomic E-state index is 13.4. The number of aliphatic hydroxyl groups is 1. The lowest BCUT2D eigenvalue weighted by Gasteiger charge is -2.22. The summed E-state index contributed by atoms with van der Waals surface area (Å²) in [5.74, 6) is -0.431. The molecular formula is C13H16FNO2. The third-order valence-corrected chi connectivity index (χ3v) is 3.02. The molecule has 0 spiro atoms. The maximum Gasteiger partial charge on any atom is 0.224 e. The molecule has 1 aromatic carbocycles. The van der Waals surface area contributed by atoms with Crippen LogP contribution in [-0.4, -0.2) is 11.0 Å². The van der Waals surface area contributed by atoms with Crippen molar-refractivity contribution in [3.05, 3.63) is 29.1 Å². The Morgan fingerprint density at radius 1 is 1.47 bits per heavy atom. The third kappa shape index (κ3) is 2.47. The number of carbonyl (C=O) groups is 1. The number of aryl methyl sites for hydroxylation is 1. The van der Waals surface area contributed by atoms with E-state index in [2.05, 4.69) is 5.32 Å². The van der Waals surface area contributed by atoms with E-state index in [0.29, 0.717) is 30.5 Å². The van der Waals surface area contributed by atoms with Gasteiger partial charge in [-0.25, -0.2) is 4.39 Å². The lowest BCUT2D eigenvalue weighted by molar-refractivity contribution is -0.116. The number of halogens is 1. The lowest BCUT2D eigenvalue weighted by atomic mass is 9.94. The summed E-state index contributed by atoms with van der Waals surface area (Å²) in [5.41, 5.74) is 1.87. The molecule has 1 aliphatic heterocycles. The molecule has 0 aliphatic carbocycles. The SMILES string of the molecule is CCCC(O)c1cc(F)cc2c1NC(=O)CC2. The van der Waals surface area contributed by atoms with Gasteiger partial charge in [0, 0.05) is 17.7 Å². The highest BCUT2D eigenvalue weighted by atomic mass is 19.1. The molecule has 0 fully saturated rings. The Kier molecular flexibility index (Phi) is 3.43. The zero-order valence-corrected chi connectivity index (χ0v) is 9.79. The first-order valence-electron chi connectivity index (χ1n) is 5.92. The number of hydrogen-bond acceptors (Lipinski definition) is 2. The largest absolute Gasteiger partial charge is 0.388 e. The van der Waals surface area contributed by atoms with Gasteiger partial charge >= 0.3 is 0 Å². The molecule has 1 heterocycles. The first-order chi connectivity index (χ1) is 8.11. The molecule has 2 rings (SSSR count). The normalized spacial score (nSPS) is 16.3. The first-order valence-corrected chi connectivity index (χ1v) is 5.92. The van der Waals surface area contributed by atoms with Crippen molar-refractivity contribution in [3.63, 3.8) is 0 Å². The van der Waals surface area contributed by atoms with E-state index in [1.54, 1.807) is 0 Å². The molecule has 0 bridgehead atoms. The molecule has 0 aromatic heterocycles. The second-order valence-electron chi connectivity index (χ2n) is 4.38. The Morgan fingerprint density at radius 2 is 2.24 bits per heavy atom. The number of hydrogen-bond donors (Lipinski definition) is 2. The van der Waals surface area contributed by atoms with Crippen molar-refractivity contribution in [2.45, 2.75) is 38.7 Å². The van der Waals surface area contributed by atoms with Gasteiger partial charge < -0.3 is 10.4 Å². The Balaban J connectivity index is 2.43. The molecule has 1 atom stereocenters. The maximum absolute atomic E-state index is 13.4. The molecular weight excluding hydrogens is 221 g/mol. The minimum absolute atomic E-state index is 0.0749. The number of aliphatic hydroxyl groups excluding tert-OH is 1. The molecule has 3 nitrogen and oxygen atoms in total. The Morgan fingerprint density at radius 3 is 2.94 bits per heavy atom. The van der Waals surface area contributed by atoms with E-state index in [9.17, 15) is 14.3 Å². The van der Waals surface area contributed by atoms with Crippen molar-refractivity contribution in [1.29, 1.82) is 0 Å². The van der Waals surface area contributed by atoms with E-state index < -0.39 is 6.10 Å². The van der Waals surface area contributed by atoms with E-state index in [0.717, 1.165) is 12.0 Å². The summed E-state index contributed by atoms with van der Waals surface area (Å²) in [4.78, 5) is 11.4. The molecule has 1 aliphatic rings. The van der Waals surface area contributed by atoms with Crippen LogP contribution in [0, 0.1) is 5.82 Å². The van der Waals surface area contributed by atoms with Gasteiger partial charge in [0.05, 0.1) is 6.10 Å². The highest BCUT2D eigenvalue weighted by Crippen LogP contribution is 2.33. The van der Waals surface area contributed by atoms with Gasteiger partial charge in [0.1, 0.15) is 5.82 Å². The number of carbonyl (C=O) groups excluding carboxylic acids is 1. The van der Waals surface area contributed by atoms with Crippen LogP contribution in [0.3, 0.4) is 0 Å². The molecule has 0 saturated heterocycles. The minimum Gasteiger partial charge on any atom is -0.388 e. The predicted octanol–water partition coefficient (Wildman–Crippen LogP) is 2.54. The van der Waals surface area contributed by atoms with Crippen molar-refractivity contribution < 1.29 is 14.3 Å². The summed E-state index contributed by atoms with van der Waals surface area (Å²) in [5, 5.41) is 12.7. The molecule has 4 heteroatoms. The predicted molar refractivity (Wildman–Crippen MR) is 63.2 cm³/mol. The Hall–Kier alpha value is -1.42. The summed E-state index contributed by atoms with van der Waals surface area (Å²) in [7, 11) is 0. The first kappa shape index (κ1) is 12.0. The van der Waals surface area contributed by atoms with Crippen LogP contribution in [0.2, 0.25) is 0 Å². The third-order valence-electron chi connectivity index (χ3n) is 3.02. The molecule has 0 saturated carbocycles. The fourth-order valence-corrected chi connectivity index (χ4v) is 2.18. The number of anilines is 1. The van der Waals surface area contributed by atoms with Gasteiger partial charge in [-0.2, -0.15) is 0 Å². The number of amides is 1. The highest BCUT2D eigenvalue weighted by Gasteiger charge is 2.22. The molecule has 2 N–H and O–H groups in total. The summed E-state index contributed by atoms with van der Waals surface area (Å²) in [6.07, 6.45) is 1.55. The van der Waals surface area contributed by atoms with Crippen molar-refractivity contribution >= 4 is 11.6 Å². The summed E-state index contributed by atoms with van der Waals surface area (Å²) in [6, 6.07) is 2.74. The molecule has 1 aromatic rings. The van der Waals surface area contributed by atoms with E-state index in [1.165, 1.54) is 12.1 Å². The smallest absolute Gasteiger partial charge is 0.224 e. The molecule has 17 heavy (non-hydrogen) atoms. The molecule has 1 amide bonds. The van der Waals surface area contributed by atoms with Gasteiger partial charge in [0.15, 0.2) is 0 Å². The summed E-state index contributed by atoms with van der Waals surface area (Å²) in [6.45, 7) is 1.95. The standard InChI is InChI=1S/C13H16FNO2/c1-2-3-11(16)10-7-9(14)6-8-4-5-12(17)15-13(8)10/h6-7,11,16H,2-5H2,1H3,(H,15,17). The van der Waals surface area contributed by atoms with E-state index in [1.807, 2.05) is 6.92 Å². The number of rotatable bonds is 3. The van der Waals surface area contributed by atoms with Crippen LogP contribution >= 0.6 is 0 Å². The van der Waals surface area contributed by atoms with Crippen LogP contribution in [0.25, 0.3) is 0 Å². The van der Waals surface area contributed by atoms with Crippen LogP contribution in [-0.2, 0) is 11.2 Å². The quantitative estimate of drug-likeness (QED) is 0.848. The lowest BCUT2D eigenvalue weighted by Crippen LogP contribution is -2.21. The Labute approximate surface area is 99.7 Å². The van der Waals surface area contributed by atoms with Crippen molar-refractivity contribution in [2.24, 2.45) is 0 Å². The average molecular weight is 237 g/mol. The van der Waals surface area contributed by atoms with Crippen molar-refractivity contribution in [2.75, 3.05) is 5.32 Å². The van der Waals surface area contributed by atoms with E-state index >= 15 is 0 Å². The van der Waals surface area contributed by atoms with Gasteiger partial charge in [-0.3, -0.25) is 4.79 Å². The van der Waals surface area contributed by atoms with Crippen LogP contribution in [0.4, 0.5) is 10.1 Å². The van der Waals surface area contributed by atoms with Gasteiger partial charge in [0.25, 0.3) is 0 Å². The summed E-state index contributed by atoms with van der Waals surface area (Å²) >= 11 is 0. The van der Waals surface area contributed by atoms with Crippen molar-refractivity contribution in [3.8, 4) is 0 Å². The van der Waals surface area contributed by atoms with Gasteiger partial charge in [-0.05, 0) is 30.5 Å². The minimum atomic E-state index is -0.720. The van der Waals surface area contributed by atoms with Crippen LogP contribution in [0.5, 0.6) is 0 Å². The fourth-order valence-electron chi connectivity index (χ4n) is 2.18. The monoisotopic (exact) mass is 237 g/mol. The Bertz CT molecular complexity index is 445. The zero-order chi connectivity index (χ0) is 12.4. The van der Waals surface area contributed by atoms with E-state index in [4.69, 9.17) is 0 Å². The number of nitrogens with one attached hydrogen (secondary N) is 1. The van der Waals surface area contributed by atoms with Crippen LogP contribution in [0.15, 0.2) is 12.1 Å². The number of benzene rings is 1.